The van der Waals surface area contributed by atoms with E-state index < -0.39 is 18.2 Å². The number of aliphatic hydroxyl groups excluding tert-OH is 1. The largest absolute Gasteiger partial charge is 0.447 e. The van der Waals surface area contributed by atoms with Gasteiger partial charge in [-0.15, -0.1) is 0 Å². The van der Waals surface area contributed by atoms with Gasteiger partial charge in [0.05, 0.1) is 13.2 Å². The molecule has 4 nitrogen and oxygen atoms in total. The predicted molar refractivity (Wildman–Crippen MR) is 91.1 cm³/mol. The van der Waals surface area contributed by atoms with Crippen LogP contribution in [0.5, 0.6) is 0 Å². The van der Waals surface area contributed by atoms with Gasteiger partial charge in [0.2, 0.25) is 0 Å². The van der Waals surface area contributed by atoms with Crippen LogP contribution in [0.2, 0.25) is 0 Å². The van der Waals surface area contributed by atoms with E-state index in [9.17, 15) is 9.90 Å². The van der Waals surface area contributed by atoms with Gasteiger partial charge in [-0.25, -0.2) is 0 Å². The van der Waals surface area contributed by atoms with E-state index in [0.717, 1.165) is 11.1 Å². The van der Waals surface area contributed by atoms with Gasteiger partial charge in [-0.3, -0.25) is 4.79 Å². The molecule has 2 atom stereocenters. The number of aliphatic hydroxyl groups is 1. The molecule has 1 N–H and O–H groups in total. The minimum absolute atomic E-state index is 0.101. The van der Waals surface area contributed by atoms with Crippen LogP contribution in [0.3, 0.4) is 0 Å². The van der Waals surface area contributed by atoms with Gasteiger partial charge in [0.25, 0.3) is 0 Å². The minimum Gasteiger partial charge on any atom is -0.447 e. The molecule has 4 heteroatoms. The van der Waals surface area contributed by atoms with Crippen LogP contribution in [0.4, 0.5) is 0 Å². The SMILES string of the molecule is CC(=O)OC(C#Cc1ccccc1)COCC(O)c1ccccc1. The molecule has 0 bridgehead atoms. The van der Waals surface area contributed by atoms with Crippen LogP contribution in [0.25, 0.3) is 0 Å². The maximum Gasteiger partial charge on any atom is 0.303 e. The van der Waals surface area contributed by atoms with E-state index in [-0.39, 0.29) is 13.2 Å². The highest BCUT2D eigenvalue weighted by Crippen LogP contribution is 2.12. The summed E-state index contributed by atoms with van der Waals surface area (Å²) < 4.78 is 10.6. The fourth-order valence-corrected chi connectivity index (χ4v) is 2.05. The number of rotatable bonds is 6. The Morgan fingerprint density at radius 1 is 1.04 bits per heavy atom. The summed E-state index contributed by atoms with van der Waals surface area (Å²) in [6.45, 7) is 1.54. The normalized spacial score (nSPS) is 12.6. The number of hydrogen-bond donors (Lipinski definition) is 1. The van der Waals surface area contributed by atoms with Crippen molar-refractivity contribution < 1.29 is 19.4 Å². The van der Waals surface area contributed by atoms with Crippen LogP contribution >= 0.6 is 0 Å². The third-order valence-corrected chi connectivity index (χ3v) is 3.19. The zero-order chi connectivity index (χ0) is 17.2. The number of carbonyl (C=O) groups excluding carboxylic acids is 1. The summed E-state index contributed by atoms with van der Waals surface area (Å²) in [6.07, 6.45) is -1.41. The molecule has 24 heavy (non-hydrogen) atoms. The molecule has 0 radical (unpaired) electrons. The molecule has 0 saturated heterocycles. The third-order valence-electron chi connectivity index (χ3n) is 3.19. The molecule has 0 amide bonds. The van der Waals surface area contributed by atoms with Crippen LogP contribution in [0.1, 0.15) is 24.2 Å². The van der Waals surface area contributed by atoms with Crippen LogP contribution < -0.4 is 0 Å². The van der Waals surface area contributed by atoms with Gasteiger partial charge in [0.1, 0.15) is 6.10 Å². The first-order chi connectivity index (χ1) is 11.6. The standard InChI is InChI=1S/C20H20O4/c1-16(21)24-19(13-12-17-8-4-2-5-9-17)14-23-15-20(22)18-10-6-3-7-11-18/h2-11,19-20,22H,14-15H2,1H3. The Labute approximate surface area is 142 Å². The Morgan fingerprint density at radius 2 is 1.67 bits per heavy atom. The highest BCUT2D eigenvalue weighted by molar-refractivity contribution is 5.66. The molecule has 0 aromatic heterocycles. The van der Waals surface area contributed by atoms with Gasteiger partial charge >= 0.3 is 5.97 Å². The Bertz CT molecular complexity index is 686. The highest BCUT2D eigenvalue weighted by Gasteiger charge is 2.12. The van der Waals surface area contributed by atoms with Gasteiger partial charge in [0.15, 0.2) is 6.10 Å². The number of carbonyl (C=O) groups is 1. The Hall–Kier alpha value is -2.61. The van der Waals surface area contributed by atoms with Crippen molar-refractivity contribution in [3.05, 3.63) is 71.8 Å². The zero-order valence-corrected chi connectivity index (χ0v) is 13.5. The molecule has 2 rings (SSSR count). The summed E-state index contributed by atoms with van der Waals surface area (Å²) in [5.41, 5.74) is 1.61. The second-order valence-corrected chi connectivity index (χ2v) is 5.20. The van der Waals surface area contributed by atoms with Crippen LogP contribution in [0.15, 0.2) is 60.7 Å². The van der Waals surface area contributed by atoms with Crippen LogP contribution in [0, 0.1) is 11.8 Å². The Balaban J connectivity index is 1.90. The average Bonchev–Trinajstić information content (AvgIpc) is 2.60. The highest BCUT2D eigenvalue weighted by atomic mass is 16.6. The van der Waals surface area contributed by atoms with Gasteiger partial charge in [-0.2, -0.15) is 0 Å². The number of esters is 1. The van der Waals surface area contributed by atoms with Gasteiger partial charge in [-0.05, 0) is 17.7 Å². The fraction of sp³-hybridized carbons (Fsp3) is 0.250. The first kappa shape index (κ1) is 17.7. The van der Waals surface area contributed by atoms with Crippen molar-refractivity contribution in [3.8, 4) is 11.8 Å². The molecule has 0 fully saturated rings. The second-order valence-electron chi connectivity index (χ2n) is 5.20. The molecular weight excluding hydrogens is 304 g/mol. The lowest BCUT2D eigenvalue weighted by Gasteiger charge is -2.14. The summed E-state index contributed by atoms with van der Waals surface area (Å²) in [4.78, 5) is 11.2. The summed E-state index contributed by atoms with van der Waals surface area (Å²) >= 11 is 0. The monoisotopic (exact) mass is 324 g/mol. The average molecular weight is 324 g/mol. The Morgan fingerprint density at radius 3 is 2.29 bits per heavy atom. The minimum atomic E-state index is -0.730. The summed E-state index contributed by atoms with van der Waals surface area (Å²) in [6, 6.07) is 18.7. The fourth-order valence-electron chi connectivity index (χ4n) is 2.05. The van der Waals surface area contributed by atoms with E-state index in [1.54, 1.807) is 0 Å². The molecular formula is C20H20O4. The zero-order valence-electron chi connectivity index (χ0n) is 13.5. The molecule has 0 aliphatic rings. The van der Waals surface area contributed by atoms with E-state index in [0.29, 0.717) is 0 Å². The number of hydrogen-bond acceptors (Lipinski definition) is 4. The molecule has 0 spiro atoms. The number of benzene rings is 2. The maximum atomic E-state index is 11.2. The number of ether oxygens (including phenoxy) is 2. The van der Waals surface area contributed by atoms with E-state index in [2.05, 4.69) is 11.8 Å². The lowest BCUT2D eigenvalue weighted by Crippen LogP contribution is -2.22. The smallest absolute Gasteiger partial charge is 0.303 e. The van der Waals surface area contributed by atoms with E-state index in [1.165, 1.54) is 6.92 Å². The van der Waals surface area contributed by atoms with Crippen LogP contribution in [-0.2, 0) is 14.3 Å². The van der Waals surface area contributed by atoms with Crippen molar-refractivity contribution in [1.82, 2.24) is 0 Å². The molecule has 124 valence electrons. The molecule has 2 aromatic rings. The quantitative estimate of drug-likeness (QED) is 0.656. The van der Waals surface area contributed by atoms with Gasteiger partial charge in [0, 0.05) is 12.5 Å². The summed E-state index contributed by atoms with van der Waals surface area (Å²) in [7, 11) is 0. The summed E-state index contributed by atoms with van der Waals surface area (Å²) in [5, 5.41) is 10.1. The topological polar surface area (TPSA) is 55.8 Å². The van der Waals surface area contributed by atoms with Crippen molar-refractivity contribution in [1.29, 1.82) is 0 Å². The van der Waals surface area contributed by atoms with Crippen LogP contribution in [-0.4, -0.2) is 30.4 Å². The molecule has 2 aromatic carbocycles. The summed E-state index contributed by atoms with van der Waals surface area (Å²) in [5.74, 6) is 5.41. The Kier molecular flexibility index (Phi) is 7.03. The maximum absolute atomic E-state index is 11.2. The van der Waals surface area contributed by atoms with Crippen molar-refractivity contribution in [2.45, 2.75) is 19.1 Å². The van der Waals surface area contributed by atoms with Crippen molar-refractivity contribution in [3.63, 3.8) is 0 Å². The third kappa shape index (κ3) is 6.25. The van der Waals surface area contributed by atoms with Gasteiger partial charge < -0.3 is 14.6 Å². The van der Waals surface area contributed by atoms with Crippen molar-refractivity contribution in [2.24, 2.45) is 0 Å². The van der Waals surface area contributed by atoms with E-state index >= 15 is 0 Å². The molecule has 0 aliphatic heterocycles. The molecule has 2 unspecified atom stereocenters. The lowest BCUT2D eigenvalue weighted by atomic mass is 10.1. The second kappa shape index (κ2) is 9.51. The van der Waals surface area contributed by atoms with Gasteiger partial charge in [-0.1, -0.05) is 60.4 Å². The first-order valence-corrected chi connectivity index (χ1v) is 7.69. The predicted octanol–water partition coefficient (Wildman–Crippen LogP) is 2.72. The first-order valence-electron chi connectivity index (χ1n) is 7.69. The molecule has 0 heterocycles. The van der Waals surface area contributed by atoms with E-state index in [1.807, 2.05) is 60.7 Å². The molecule has 0 aliphatic carbocycles. The molecule has 0 saturated carbocycles. The lowest BCUT2D eigenvalue weighted by molar-refractivity contribution is -0.146. The van der Waals surface area contributed by atoms with E-state index in [4.69, 9.17) is 9.47 Å². The van der Waals surface area contributed by atoms with Crippen molar-refractivity contribution >= 4 is 5.97 Å². The van der Waals surface area contributed by atoms with Crippen molar-refractivity contribution in [2.75, 3.05) is 13.2 Å².